The van der Waals surface area contributed by atoms with Crippen molar-refractivity contribution < 1.29 is 13.9 Å². The number of piperidine rings is 1. The van der Waals surface area contributed by atoms with Crippen molar-refractivity contribution in [2.45, 2.75) is 51.2 Å². The maximum atomic E-state index is 12.0. The van der Waals surface area contributed by atoms with Crippen molar-refractivity contribution in [1.82, 2.24) is 10.2 Å². The summed E-state index contributed by atoms with van der Waals surface area (Å²) in [5.74, 6) is -0.0927. The summed E-state index contributed by atoms with van der Waals surface area (Å²) < 4.78 is 11.3. The lowest BCUT2D eigenvalue weighted by atomic mass is 9.88. The minimum Gasteiger partial charge on any atom is -0.472 e. The van der Waals surface area contributed by atoms with Gasteiger partial charge in [0.25, 0.3) is 5.91 Å². The topological polar surface area (TPSA) is 54.7 Å². The summed E-state index contributed by atoms with van der Waals surface area (Å²) in [4.78, 5) is 14.5. The van der Waals surface area contributed by atoms with Crippen molar-refractivity contribution in [3.63, 3.8) is 0 Å². The smallest absolute Gasteiger partial charge is 0.254 e. The fourth-order valence-electron chi connectivity index (χ4n) is 3.56. The Balaban J connectivity index is 1.42. The van der Waals surface area contributed by atoms with Crippen LogP contribution in [0.3, 0.4) is 0 Å². The Bertz CT molecular complexity index is 567. The van der Waals surface area contributed by atoms with Crippen LogP contribution in [0.4, 0.5) is 0 Å². The van der Waals surface area contributed by atoms with Crippen LogP contribution in [0.1, 0.15) is 49.9 Å². The predicted octanol–water partition coefficient (Wildman–Crippen LogP) is 2.99. The molecule has 2 fully saturated rings. The number of carbonyl (C=O) groups excluding carboxylic acids is 1. The Morgan fingerprint density at radius 2 is 2.17 bits per heavy atom. The van der Waals surface area contributed by atoms with Crippen molar-refractivity contribution in [2.24, 2.45) is 0 Å². The van der Waals surface area contributed by atoms with Crippen LogP contribution < -0.4 is 5.32 Å². The first-order chi connectivity index (χ1) is 11.6. The fourth-order valence-corrected chi connectivity index (χ4v) is 3.56. The van der Waals surface area contributed by atoms with E-state index in [1.165, 1.54) is 18.1 Å². The van der Waals surface area contributed by atoms with Crippen LogP contribution in [0.2, 0.25) is 0 Å². The number of ether oxygens (including phenoxy) is 1. The normalized spacial score (nSPS) is 23.3. The number of likely N-dealkylation sites (tertiary alicyclic amines) is 1. The summed E-state index contributed by atoms with van der Waals surface area (Å²) in [5, 5.41) is 2.95. The molecule has 0 aromatic carbocycles. The minimum absolute atomic E-state index is 0.0342. The lowest BCUT2D eigenvalue weighted by molar-refractivity contribution is -0.0741. The Morgan fingerprint density at radius 1 is 1.38 bits per heavy atom. The average molecular weight is 332 g/mol. The van der Waals surface area contributed by atoms with Gasteiger partial charge in [-0.1, -0.05) is 11.6 Å². The molecular weight excluding hydrogens is 304 g/mol. The SMILES string of the molecule is CC(C)=CCN1CCC2(CC[C@@H](CNC(=O)c3ccoc3)O2)CC1. The second-order valence-electron chi connectivity index (χ2n) is 7.27. The van der Waals surface area contributed by atoms with Gasteiger partial charge in [-0.25, -0.2) is 0 Å². The highest BCUT2D eigenvalue weighted by atomic mass is 16.5. The fraction of sp³-hybridized carbons (Fsp3) is 0.632. The zero-order valence-corrected chi connectivity index (χ0v) is 14.7. The first kappa shape index (κ1) is 17.2. The van der Waals surface area contributed by atoms with Crippen LogP contribution in [0.25, 0.3) is 0 Å². The summed E-state index contributed by atoms with van der Waals surface area (Å²) in [5.41, 5.74) is 1.98. The van der Waals surface area contributed by atoms with E-state index in [4.69, 9.17) is 9.15 Å². The molecule has 1 spiro atoms. The summed E-state index contributed by atoms with van der Waals surface area (Å²) in [6, 6.07) is 1.68. The van der Waals surface area contributed by atoms with Gasteiger partial charge in [0, 0.05) is 26.2 Å². The molecule has 2 saturated heterocycles. The van der Waals surface area contributed by atoms with Gasteiger partial charge in [-0.05, 0) is 45.6 Å². The maximum absolute atomic E-state index is 12.0. The molecule has 1 atom stereocenters. The summed E-state index contributed by atoms with van der Waals surface area (Å²) >= 11 is 0. The van der Waals surface area contributed by atoms with Crippen molar-refractivity contribution in [3.05, 3.63) is 35.8 Å². The summed E-state index contributed by atoms with van der Waals surface area (Å²) in [6.07, 6.45) is 9.72. The Kier molecular flexibility index (Phi) is 5.41. The lowest BCUT2D eigenvalue weighted by Crippen LogP contribution is -2.45. The molecule has 3 heterocycles. The van der Waals surface area contributed by atoms with E-state index in [0.717, 1.165) is 45.3 Å². The zero-order chi connectivity index (χ0) is 17.0. The molecule has 5 nitrogen and oxygen atoms in total. The highest BCUT2D eigenvalue weighted by molar-refractivity contribution is 5.93. The molecule has 5 heteroatoms. The van der Waals surface area contributed by atoms with E-state index >= 15 is 0 Å². The van der Waals surface area contributed by atoms with Crippen LogP contribution in [0, 0.1) is 0 Å². The first-order valence-electron chi connectivity index (χ1n) is 8.90. The van der Waals surface area contributed by atoms with Crippen molar-refractivity contribution in [3.8, 4) is 0 Å². The largest absolute Gasteiger partial charge is 0.472 e. The van der Waals surface area contributed by atoms with Gasteiger partial charge in [0.2, 0.25) is 0 Å². The third kappa shape index (κ3) is 4.28. The maximum Gasteiger partial charge on any atom is 0.254 e. The molecule has 1 N–H and O–H groups in total. The van der Waals surface area contributed by atoms with Crippen molar-refractivity contribution in [1.29, 1.82) is 0 Å². The van der Waals surface area contributed by atoms with Crippen molar-refractivity contribution in [2.75, 3.05) is 26.2 Å². The van der Waals surface area contributed by atoms with E-state index in [-0.39, 0.29) is 17.6 Å². The molecule has 1 aromatic rings. The third-order valence-electron chi connectivity index (χ3n) is 5.14. The Morgan fingerprint density at radius 3 is 2.83 bits per heavy atom. The molecule has 0 aliphatic carbocycles. The second-order valence-corrected chi connectivity index (χ2v) is 7.27. The zero-order valence-electron chi connectivity index (χ0n) is 14.7. The Hall–Kier alpha value is -1.59. The number of allylic oxidation sites excluding steroid dienone is 1. The van der Waals surface area contributed by atoms with Gasteiger partial charge in [-0.3, -0.25) is 9.69 Å². The molecule has 2 aliphatic heterocycles. The summed E-state index contributed by atoms with van der Waals surface area (Å²) in [6.45, 7) is 8.10. The highest BCUT2D eigenvalue weighted by Gasteiger charge is 2.42. The number of hydrogen-bond acceptors (Lipinski definition) is 4. The lowest BCUT2D eigenvalue weighted by Gasteiger charge is -2.39. The van der Waals surface area contributed by atoms with Gasteiger partial charge in [-0.15, -0.1) is 0 Å². The third-order valence-corrected chi connectivity index (χ3v) is 5.14. The van der Waals surface area contributed by atoms with Crippen LogP contribution in [-0.4, -0.2) is 48.7 Å². The molecule has 2 aliphatic rings. The van der Waals surface area contributed by atoms with Crippen LogP contribution in [0.5, 0.6) is 0 Å². The van der Waals surface area contributed by atoms with Crippen LogP contribution >= 0.6 is 0 Å². The van der Waals surface area contributed by atoms with E-state index in [0.29, 0.717) is 12.1 Å². The van der Waals surface area contributed by atoms with Gasteiger partial charge in [0.1, 0.15) is 6.26 Å². The van der Waals surface area contributed by atoms with Crippen molar-refractivity contribution >= 4 is 5.91 Å². The molecule has 1 amide bonds. The van der Waals surface area contributed by atoms with E-state index in [9.17, 15) is 4.79 Å². The number of furan rings is 1. The van der Waals surface area contributed by atoms with E-state index in [1.54, 1.807) is 6.07 Å². The predicted molar refractivity (Wildman–Crippen MR) is 93.0 cm³/mol. The standard InChI is InChI=1S/C19H28N2O3/c1-15(2)4-9-21-10-7-19(8-11-21)6-3-17(24-19)13-20-18(22)16-5-12-23-14-16/h4-5,12,14,17H,3,6-11,13H2,1-2H3,(H,20,22)/t17-/m0/s1. The van der Waals surface area contributed by atoms with Gasteiger partial charge < -0.3 is 14.5 Å². The van der Waals surface area contributed by atoms with Gasteiger partial charge in [-0.2, -0.15) is 0 Å². The second kappa shape index (κ2) is 7.53. The Labute approximate surface area is 144 Å². The number of nitrogens with zero attached hydrogens (tertiary/aromatic N) is 1. The number of hydrogen-bond donors (Lipinski definition) is 1. The highest BCUT2D eigenvalue weighted by Crippen LogP contribution is 2.38. The molecule has 0 saturated carbocycles. The molecule has 0 radical (unpaired) electrons. The van der Waals surface area contributed by atoms with E-state index in [1.807, 2.05) is 0 Å². The first-order valence-corrected chi connectivity index (χ1v) is 8.90. The quantitative estimate of drug-likeness (QED) is 0.842. The van der Waals surface area contributed by atoms with E-state index < -0.39 is 0 Å². The molecule has 24 heavy (non-hydrogen) atoms. The van der Waals surface area contributed by atoms with Crippen LogP contribution in [0.15, 0.2) is 34.7 Å². The molecule has 132 valence electrons. The number of rotatable bonds is 5. The number of carbonyl (C=O) groups is 1. The average Bonchev–Trinajstić information content (AvgIpc) is 3.23. The summed E-state index contributed by atoms with van der Waals surface area (Å²) in [7, 11) is 0. The molecule has 0 bridgehead atoms. The minimum atomic E-state index is -0.0927. The van der Waals surface area contributed by atoms with Crippen LogP contribution in [-0.2, 0) is 4.74 Å². The number of amides is 1. The molecule has 1 aromatic heterocycles. The number of nitrogens with one attached hydrogen (secondary N) is 1. The molecule has 3 rings (SSSR count). The molecule has 0 unspecified atom stereocenters. The molecular formula is C19H28N2O3. The van der Waals surface area contributed by atoms with Gasteiger partial charge >= 0.3 is 0 Å². The van der Waals surface area contributed by atoms with Gasteiger partial charge in [0.15, 0.2) is 0 Å². The van der Waals surface area contributed by atoms with E-state index in [2.05, 4.69) is 30.1 Å². The van der Waals surface area contributed by atoms with Gasteiger partial charge in [0.05, 0.1) is 23.5 Å². The monoisotopic (exact) mass is 332 g/mol.